The fourth-order valence-corrected chi connectivity index (χ4v) is 2.37. The van der Waals surface area contributed by atoms with Gasteiger partial charge in [0.05, 0.1) is 0 Å². The molecule has 100 valence electrons. The van der Waals surface area contributed by atoms with E-state index in [9.17, 15) is 0 Å². The molecule has 0 radical (unpaired) electrons. The summed E-state index contributed by atoms with van der Waals surface area (Å²) in [5.41, 5.74) is 9.44. The van der Waals surface area contributed by atoms with E-state index in [-0.39, 0.29) is 6.04 Å². The number of nitrogens with zero attached hydrogens (tertiary/aromatic N) is 1. The number of likely N-dealkylation sites (N-methyl/N-ethyl adjacent to an activating group) is 1. The number of aryl methyl sites for hydroxylation is 1. The molecule has 0 fully saturated rings. The summed E-state index contributed by atoms with van der Waals surface area (Å²) in [6.07, 6.45) is 2.59. The molecule has 2 aromatic rings. The summed E-state index contributed by atoms with van der Waals surface area (Å²) >= 11 is 5.90. The SMILES string of the molecule is CNC(Cc1ccc(Cl)cc1)c1c(C)ccnc1N. The Morgan fingerprint density at radius 3 is 2.53 bits per heavy atom. The third kappa shape index (κ3) is 3.25. The maximum Gasteiger partial charge on any atom is 0.128 e. The minimum Gasteiger partial charge on any atom is -0.383 e. The molecule has 0 spiro atoms. The number of halogens is 1. The lowest BCUT2D eigenvalue weighted by Crippen LogP contribution is -2.21. The topological polar surface area (TPSA) is 50.9 Å². The summed E-state index contributed by atoms with van der Waals surface area (Å²) in [6, 6.07) is 10.0. The number of benzene rings is 1. The second kappa shape index (κ2) is 6.04. The smallest absolute Gasteiger partial charge is 0.128 e. The normalized spacial score (nSPS) is 12.4. The molecule has 0 saturated carbocycles. The van der Waals surface area contributed by atoms with E-state index in [0.29, 0.717) is 5.82 Å². The molecule has 2 rings (SSSR count). The largest absolute Gasteiger partial charge is 0.383 e. The van der Waals surface area contributed by atoms with Gasteiger partial charge in [0.2, 0.25) is 0 Å². The lowest BCUT2D eigenvalue weighted by molar-refractivity contribution is 0.589. The van der Waals surface area contributed by atoms with Gasteiger partial charge in [-0.15, -0.1) is 0 Å². The van der Waals surface area contributed by atoms with E-state index in [2.05, 4.69) is 17.2 Å². The van der Waals surface area contributed by atoms with Crippen LogP contribution in [-0.4, -0.2) is 12.0 Å². The fraction of sp³-hybridized carbons (Fsp3) is 0.267. The molecule has 0 saturated heterocycles. The van der Waals surface area contributed by atoms with Crippen LogP contribution in [-0.2, 0) is 6.42 Å². The Labute approximate surface area is 118 Å². The molecular formula is C15H18ClN3. The molecule has 0 aliphatic rings. The van der Waals surface area contributed by atoms with Gasteiger partial charge in [0.1, 0.15) is 5.82 Å². The third-order valence-corrected chi connectivity index (χ3v) is 3.54. The Morgan fingerprint density at radius 1 is 1.26 bits per heavy atom. The van der Waals surface area contributed by atoms with Crippen LogP contribution in [0.5, 0.6) is 0 Å². The number of nitrogen functional groups attached to an aromatic ring is 1. The molecular weight excluding hydrogens is 258 g/mol. The van der Waals surface area contributed by atoms with Crippen LogP contribution in [0.3, 0.4) is 0 Å². The van der Waals surface area contributed by atoms with Gasteiger partial charge < -0.3 is 11.1 Å². The monoisotopic (exact) mass is 275 g/mol. The van der Waals surface area contributed by atoms with Crippen molar-refractivity contribution in [1.29, 1.82) is 0 Å². The zero-order valence-corrected chi connectivity index (χ0v) is 11.9. The van der Waals surface area contributed by atoms with Crippen molar-refractivity contribution < 1.29 is 0 Å². The average molecular weight is 276 g/mol. The Bertz CT molecular complexity index is 532. The summed E-state index contributed by atoms with van der Waals surface area (Å²) in [7, 11) is 1.94. The van der Waals surface area contributed by atoms with E-state index in [1.807, 2.05) is 37.4 Å². The van der Waals surface area contributed by atoms with E-state index >= 15 is 0 Å². The van der Waals surface area contributed by atoms with Crippen molar-refractivity contribution in [3.63, 3.8) is 0 Å². The van der Waals surface area contributed by atoms with Crippen LogP contribution in [0.2, 0.25) is 5.02 Å². The first-order valence-electron chi connectivity index (χ1n) is 6.24. The maximum atomic E-state index is 6.00. The van der Waals surface area contributed by atoms with Gasteiger partial charge in [-0.05, 0) is 49.7 Å². The molecule has 0 amide bonds. The van der Waals surface area contributed by atoms with E-state index in [1.165, 1.54) is 5.56 Å². The minimum atomic E-state index is 0.148. The van der Waals surface area contributed by atoms with Crippen LogP contribution in [0.4, 0.5) is 5.82 Å². The van der Waals surface area contributed by atoms with Crippen LogP contribution in [0.1, 0.15) is 22.7 Å². The molecule has 3 N–H and O–H groups in total. The molecule has 3 nitrogen and oxygen atoms in total. The number of anilines is 1. The molecule has 19 heavy (non-hydrogen) atoms. The van der Waals surface area contributed by atoms with Gasteiger partial charge in [-0.2, -0.15) is 0 Å². The number of hydrogen-bond acceptors (Lipinski definition) is 3. The molecule has 0 aliphatic heterocycles. The van der Waals surface area contributed by atoms with Gasteiger partial charge in [0, 0.05) is 22.8 Å². The first kappa shape index (κ1) is 13.8. The number of nitrogens with two attached hydrogens (primary N) is 1. The Kier molecular flexibility index (Phi) is 4.40. The van der Waals surface area contributed by atoms with Crippen molar-refractivity contribution in [1.82, 2.24) is 10.3 Å². The fourth-order valence-electron chi connectivity index (χ4n) is 2.25. The summed E-state index contributed by atoms with van der Waals surface area (Å²) < 4.78 is 0. The Morgan fingerprint density at radius 2 is 1.95 bits per heavy atom. The standard InChI is InChI=1S/C15H18ClN3/c1-10-7-8-19-15(17)14(10)13(18-2)9-11-3-5-12(16)6-4-11/h3-8,13,18H,9H2,1-2H3,(H2,17,19). The second-order valence-corrected chi connectivity index (χ2v) is 5.04. The highest BCUT2D eigenvalue weighted by Gasteiger charge is 2.16. The molecule has 1 heterocycles. The quantitative estimate of drug-likeness (QED) is 0.901. The van der Waals surface area contributed by atoms with Crippen molar-refractivity contribution in [3.05, 3.63) is 58.2 Å². The van der Waals surface area contributed by atoms with E-state index in [1.54, 1.807) is 6.20 Å². The van der Waals surface area contributed by atoms with Crippen molar-refractivity contribution in [2.24, 2.45) is 0 Å². The van der Waals surface area contributed by atoms with Gasteiger partial charge in [-0.1, -0.05) is 23.7 Å². The zero-order valence-electron chi connectivity index (χ0n) is 11.2. The average Bonchev–Trinajstić information content (AvgIpc) is 2.39. The molecule has 4 heteroatoms. The Balaban J connectivity index is 2.27. The molecule has 1 aromatic carbocycles. The first-order valence-corrected chi connectivity index (χ1v) is 6.62. The summed E-state index contributed by atoms with van der Waals surface area (Å²) in [6.45, 7) is 2.06. The number of aromatic nitrogens is 1. The van der Waals surface area contributed by atoms with Crippen molar-refractivity contribution in [2.75, 3.05) is 12.8 Å². The second-order valence-electron chi connectivity index (χ2n) is 4.60. The van der Waals surface area contributed by atoms with Crippen molar-refractivity contribution >= 4 is 17.4 Å². The number of nitrogens with one attached hydrogen (secondary N) is 1. The van der Waals surface area contributed by atoms with E-state index in [0.717, 1.165) is 22.6 Å². The molecule has 1 aromatic heterocycles. The molecule has 1 atom stereocenters. The van der Waals surface area contributed by atoms with Gasteiger partial charge in [-0.25, -0.2) is 4.98 Å². The molecule has 0 aliphatic carbocycles. The third-order valence-electron chi connectivity index (χ3n) is 3.29. The molecule has 1 unspecified atom stereocenters. The summed E-state index contributed by atoms with van der Waals surface area (Å²) in [5, 5.41) is 4.06. The van der Waals surface area contributed by atoms with Gasteiger partial charge in [0.15, 0.2) is 0 Å². The number of rotatable bonds is 4. The zero-order chi connectivity index (χ0) is 13.8. The minimum absolute atomic E-state index is 0.148. The van der Waals surface area contributed by atoms with Crippen LogP contribution >= 0.6 is 11.6 Å². The van der Waals surface area contributed by atoms with E-state index in [4.69, 9.17) is 17.3 Å². The predicted octanol–water partition coefficient (Wildman–Crippen LogP) is 3.13. The van der Waals surface area contributed by atoms with Crippen LogP contribution in [0.15, 0.2) is 36.5 Å². The highest BCUT2D eigenvalue weighted by Crippen LogP contribution is 2.25. The predicted molar refractivity (Wildman–Crippen MR) is 80.3 cm³/mol. The van der Waals surface area contributed by atoms with Gasteiger partial charge >= 0.3 is 0 Å². The lowest BCUT2D eigenvalue weighted by atomic mass is 9.96. The maximum absolute atomic E-state index is 6.00. The van der Waals surface area contributed by atoms with Crippen molar-refractivity contribution in [2.45, 2.75) is 19.4 Å². The van der Waals surface area contributed by atoms with Gasteiger partial charge in [0.25, 0.3) is 0 Å². The Hall–Kier alpha value is -1.58. The first-order chi connectivity index (χ1) is 9.11. The number of pyridine rings is 1. The van der Waals surface area contributed by atoms with Crippen LogP contribution in [0, 0.1) is 6.92 Å². The lowest BCUT2D eigenvalue weighted by Gasteiger charge is -2.20. The summed E-state index contributed by atoms with van der Waals surface area (Å²) in [5.74, 6) is 0.591. The highest BCUT2D eigenvalue weighted by atomic mass is 35.5. The van der Waals surface area contributed by atoms with Crippen LogP contribution in [0.25, 0.3) is 0 Å². The number of hydrogen-bond donors (Lipinski definition) is 2. The molecule has 0 bridgehead atoms. The summed E-state index contributed by atoms with van der Waals surface area (Å²) in [4.78, 5) is 4.18. The van der Waals surface area contributed by atoms with Crippen LogP contribution < -0.4 is 11.1 Å². The highest BCUT2D eigenvalue weighted by molar-refractivity contribution is 6.30. The van der Waals surface area contributed by atoms with E-state index < -0.39 is 0 Å². The van der Waals surface area contributed by atoms with Gasteiger partial charge in [-0.3, -0.25) is 0 Å². The van der Waals surface area contributed by atoms with Crippen molar-refractivity contribution in [3.8, 4) is 0 Å².